The summed E-state index contributed by atoms with van der Waals surface area (Å²) in [6, 6.07) is 0. The molecule has 129 valence electrons. The minimum atomic E-state index is -0.757. The molecule has 0 aliphatic rings. The van der Waals surface area contributed by atoms with Crippen LogP contribution in [0.5, 0.6) is 0 Å². The molecular formula is C15H30O6Y. The molecule has 0 spiro atoms. The van der Waals surface area contributed by atoms with E-state index in [-0.39, 0.29) is 32.7 Å². The molecule has 0 aromatic carbocycles. The summed E-state index contributed by atoms with van der Waals surface area (Å²) in [5, 5.41) is 24.8. The standard InChI is InChI=1S/3C5H10O2.Y/c3*1-5(2,3)4(6)7;/h3*1-3H3,(H,6,7);. The van der Waals surface area contributed by atoms with Crippen molar-refractivity contribution in [2.24, 2.45) is 16.2 Å². The van der Waals surface area contributed by atoms with Gasteiger partial charge in [-0.25, -0.2) is 0 Å². The Labute approximate surface area is 158 Å². The summed E-state index contributed by atoms with van der Waals surface area (Å²) in [6.07, 6.45) is 0. The number of carboxylic acids is 3. The van der Waals surface area contributed by atoms with Crippen molar-refractivity contribution in [2.45, 2.75) is 62.3 Å². The molecule has 0 bridgehead atoms. The Kier molecular flexibility index (Phi) is 14.9. The van der Waals surface area contributed by atoms with Crippen LogP contribution in [-0.4, -0.2) is 33.2 Å². The van der Waals surface area contributed by atoms with Gasteiger partial charge in [0.1, 0.15) is 0 Å². The first kappa shape index (κ1) is 29.5. The predicted octanol–water partition coefficient (Wildman–Crippen LogP) is 3.35. The summed E-state index contributed by atoms with van der Waals surface area (Å²) in [5.74, 6) is -2.27. The number of hydrogen-bond donors (Lipinski definition) is 3. The molecular weight excluding hydrogens is 365 g/mol. The minimum Gasteiger partial charge on any atom is -0.481 e. The first-order valence-corrected chi connectivity index (χ1v) is 6.53. The average Bonchev–Trinajstić information content (AvgIpc) is 2.14. The van der Waals surface area contributed by atoms with Gasteiger partial charge in [0.05, 0.1) is 16.2 Å². The van der Waals surface area contributed by atoms with Crippen LogP contribution in [0.25, 0.3) is 0 Å². The fraction of sp³-hybridized carbons (Fsp3) is 0.800. The van der Waals surface area contributed by atoms with Crippen LogP contribution in [0, 0.1) is 16.2 Å². The number of hydrogen-bond acceptors (Lipinski definition) is 3. The van der Waals surface area contributed by atoms with Gasteiger partial charge in [-0.15, -0.1) is 0 Å². The van der Waals surface area contributed by atoms with Gasteiger partial charge < -0.3 is 15.3 Å². The summed E-state index contributed by atoms with van der Waals surface area (Å²) in [6.45, 7) is 15.0. The Balaban J connectivity index is -0.000000108. The number of carboxylic acid groups (broad SMARTS) is 3. The molecule has 0 aliphatic carbocycles. The quantitative estimate of drug-likeness (QED) is 0.580. The first-order valence-electron chi connectivity index (χ1n) is 6.53. The zero-order valence-corrected chi connectivity index (χ0v) is 18.0. The molecule has 1 radical (unpaired) electrons. The Morgan fingerprint density at radius 1 is 0.500 bits per heavy atom. The Bertz CT molecular complexity index is 299. The molecule has 0 aliphatic heterocycles. The summed E-state index contributed by atoms with van der Waals surface area (Å²) < 4.78 is 0. The first-order chi connectivity index (χ1) is 8.83. The van der Waals surface area contributed by atoms with Crippen LogP contribution in [0.2, 0.25) is 0 Å². The molecule has 0 fully saturated rings. The van der Waals surface area contributed by atoms with Gasteiger partial charge in [0.25, 0.3) is 0 Å². The van der Waals surface area contributed by atoms with Gasteiger partial charge in [0.2, 0.25) is 0 Å². The van der Waals surface area contributed by atoms with E-state index in [1.165, 1.54) is 0 Å². The van der Waals surface area contributed by atoms with Crippen molar-refractivity contribution >= 4 is 17.9 Å². The minimum absolute atomic E-state index is 0. The van der Waals surface area contributed by atoms with Crippen LogP contribution in [0.4, 0.5) is 0 Å². The maximum atomic E-state index is 10.0. The maximum Gasteiger partial charge on any atom is 0.308 e. The van der Waals surface area contributed by atoms with Crippen molar-refractivity contribution < 1.29 is 62.4 Å². The van der Waals surface area contributed by atoms with E-state index in [9.17, 15) is 14.4 Å². The normalized spacial score (nSPS) is 10.8. The maximum absolute atomic E-state index is 10.0. The van der Waals surface area contributed by atoms with Gasteiger partial charge in [-0.1, -0.05) is 0 Å². The topological polar surface area (TPSA) is 112 Å². The molecule has 0 atom stereocenters. The third kappa shape index (κ3) is 21.8. The number of aliphatic carboxylic acids is 3. The molecule has 0 unspecified atom stereocenters. The number of rotatable bonds is 0. The third-order valence-electron chi connectivity index (χ3n) is 1.92. The van der Waals surface area contributed by atoms with Crippen molar-refractivity contribution in [3.05, 3.63) is 0 Å². The number of carbonyl (C=O) groups is 3. The van der Waals surface area contributed by atoms with Crippen LogP contribution in [0.15, 0.2) is 0 Å². The van der Waals surface area contributed by atoms with Crippen LogP contribution in [0.3, 0.4) is 0 Å². The van der Waals surface area contributed by atoms with Crippen molar-refractivity contribution in [1.29, 1.82) is 0 Å². The fourth-order valence-corrected chi connectivity index (χ4v) is 0. The van der Waals surface area contributed by atoms with E-state index in [0.29, 0.717) is 0 Å². The largest absolute Gasteiger partial charge is 0.481 e. The second-order valence-electron chi connectivity index (χ2n) is 7.67. The van der Waals surface area contributed by atoms with Crippen molar-refractivity contribution in [3.63, 3.8) is 0 Å². The SMILES string of the molecule is CC(C)(C)C(=O)O.CC(C)(C)C(=O)O.CC(C)(C)C(=O)O.[Y]. The van der Waals surface area contributed by atoms with Crippen LogP contribution >= 0.6 is 0 Å². The molecule has 0 saturated carbocycles. The smallest absolute Gasteiger partial charge is 0.308 e. The predicted molar refractivity (Wildman–Crippen MR) is 81.3 cm³/mol. The zero-order chi connectivity index (χ0) is 18.2. The molecule has 6 nitrogen and oxygen atoms in total. The molecule has 0 rings (SSSR count). The molecule has 0 heterocycles. The van der Waals surface area contributed by atoms with E-state index in [0.717, 1.165) is 0 Å². The van der Waals surface area contributed by atoms with Crippen molar-refractivity contribution in [1.82, 2.24) is 0 Å². The molecule has 22 heavy (non-hydrogen) atoms. The molecule has 0 aromatic rings. The van der Waals surface area contributed by atoms with Crippen LogP contribution in [0.1, 0.15) is 62.3 Å². The Morgan fingerprint density at radius 2 is 0.545 bits per heavy atom. The van der Waals surface area contributed by atoms with Gasteiger partial charge in [0, 0.05) is 32.7 Å². The summed E-state index contributed by atoms with van der Waals surface area (Å²) >= 11 is 0. The van der Waals surface area contributed by atoms with Gasteiger partial charge in [-0.05, 0) is 62.3 Å². The fourth-order valence-electron chi connectivity index (χ4n) is 0. The molecule has 3 N–H and O–H groups in total. The third-order valence-corrected chi connectivity index (χ3v) is 1.92. The van der Waals surface area contributed by atoms with Crippen molar-refractivity contribution in [3.8, 4) is 0 Å². The molecule has 0 saturated heterocycles. The zero-order valence-electron chi connectivity index (χ0n) is 15.1. The van der Waals surface area contributed by atoms with Crippen molar-refractivity contribution in [2.75, 3.05) is 0 Å². The second kappa shape index (κ2) is 11.1. The van der Waals surface area contributed by atoms with Gasteiger partial charge >= 0.3 is 17.9 Å². The van der Waals surface area contributed by atoms with Crippen LogP contribution in [-0.2, 0) is 47.1 Å². The Hall–Kier alpha value is -0.486. The van der Waals surface area contributed by atoms with E-state index in [1.807, 2.05) is 0 Å². The van der Waals surface area contributed by atoms with Gasteiger partial charge in [-0.2, -0.15) is 0 Å². The summed E-state index contributed by atoms with van der Waals surface area (Å²) in [4.78, 5) is 30.1. The van der Waals surface area contributed by atoms with Gasteiger partial charge in [-0.3, -0.25) is 14.4 Å². The molecule has 0 aromatic heterocycles. The monoisotopic (exact) mass is 395 g/mol. The molecule has 7 heteroatoms. The average molecular weight is 395 g/mol. The Morgan fingerprint density at radius 3 is 0.545 bits per heavy atom. The second-order valence-corrected chi connectivity index (χ2v) is 7.67. The van der Waals surface area contributed by atoms with Gasteiger partial charge in [0.15, 0.2) is 0 Å². The van der Waals surface area contributed by atoms with E-state index in [1.54, 1.807) is 62.3 Å². The van der Waals surface area contributed by atoms with E-state index in [4.69, 9.17) is 15.3 Å². The van der Waals surface area contributed by atoms with E-state index in [2.05, 4.69) is 0 Å². The summed E-state index contributed by atoms with van der Waals surface area (Å²) in [5.41, 5.74) is -1.75. The van der Waals surface area contributed by atoms with E-state index < -0.39 is 34.2 Å². The van der Waals surface area contributed by atoms with Crippen LogP contribution < -0.4 is 0 Å². The molecule has 0 amide bonds. The summed E-state index contributed by atoms with van der Waals surface area (Å²) in [7, 11) is 0. The van der Waals surface area contributed by atoms with E-state index >= 15 is 0 Å².